The second-order valence-corrected chi connectivity index (χ2v) is 4.44. The van der Waals surface area contributed by atoms with Gasteiger partial charge in [0.05, 0.1) is 0 Å². The quantitative estimate of drug-likeness (QED) is 0.537. The molecule has 0 amide bonds. The highest BCUT2D eigenvalue weighted by Gasteiger charge is 2.06. The minimum absolute atomic E-state index is 1.14. The molecular formula is C12H9NS. The van der Waals surface area contributed by atoms with Gasteiger partial charge in [0.25, 0.3) is 0 Å². The summed E-state index contributed by atoms with van der Waals surface area (Å²) in [6.07, 6.45) is 1.88. The molecule has 1 aromatic carbocycles. The van der Waals surface area contributed by atoms with Crippen LogP contribution in [0, 0.1) is 6.92 Å². The number of benzene rings is 1. The molecule has 0 N–H and O–H groups in total. The van der Waals surface area contributed by atoms with Crippen LogP contribution in [0.3, 0.4) is 0 Å². The SMILES string of the molecule is Cc1ccnc2sc3ccccc3c12. The highest BCUT2D eigenvalue weighted by Crippen LogP contribution is 2.33. The van der Waals surface area contributed by atoms with Gasteiger partial charge in [-0.2, -0.15) is 0 Å². The molecule has 0 atom stereocenters. The van der Waals surface area contributed by atoms with Crippen LogP contribution < -0.4 is 0 Å². The summed E-state index contributed by atoms with van der Waals surface area (Å²) >= 11 is 1.76. The number of nitrogens with zero attached hydrogens (tertiary/aromatic N) is 1. The molecule has 0 fully saturated rings. The summed E-state index contributed by atoms with van der Waals surface area (Å²) in [6, 6.07) is 10.6. The normalized spacial score (nSPS) is 11.2. The highest BCUT2D eigenvalue weighted by atomic mass is 32.1. The molecule has 0 saturated carbocycles. The zero-order chi connectivity index (χ0) is 9.54. The Morgan fingerprint density at radius 3 is 2.93 bits per heavy atom. The van der Waals surface area contributed by atoms with Gasteiger partial charge in [0.1, 0.15) is 4.83 Å². The number of fused-ring (bicyclic) bond motifs is 3. The van der Waals surface area contributed by atoms with Crippen molar-refractivity contribution in [1.29, 1.82) is 0 Å². The Hall–Kier alpha value is -1.41. The molecule has 2 aromatic heterocycles. The van der Waals surface area contributed by atoms with Crippen molar-refractivity contribution in [3.8, 4) is 0 Å². The fourth-order valence-electron chi connectivity index (χ4n) is 1.80. The van der Waals surface area contributed by atoms with Crippen LogP contribution in [0.1, 0.15) is 5.56 Å². The summed E-state index contributed by atoms with van der Waals surface area (Å²) in [5.74, 6) is 0. The average molecular weight is 199 g/mol. The molecule has 68 valence electrons. The molecular weight excluding hydrogens is 190 g/mol. The number of hydrogen-bond acceptors (Lipinski definition) is 2. The van der Waals surface area contributed by atoms with E-state index in [1.165, 1.54) is 21.0 Å². The first-order valence-electron chi connectivity index (χ1n) is 4.59. The van der Waals surface area contributed by atoms with Gasteiger partial charge in [-0.25, -0.2) is 4.98 Å². The minimum atomic E-state index is 1.14. The lowest BCUT2D eigenvalue weighted by Gasteiger charge is -1.94. The third kappa shape index (κ3) is 0.976. The summed E-state index contributed by atoms with van der Waals surface area (Å²) < 4.78 is 1.32. The van der Waals surface area contributed by atoms with Crippen LogP contribution in [0.5, 0.6) is 0 Å². The van der Waals surface area contributed by atoms with E-state index in [4.69, 9.17) is 0 Å². The van der Waals surface area contributed by atoms with E-state index >= 15 is 0 Å². The number of rotatable bonds is 0. The molecule has 0 saturated heterocycles. The van der Waals surface area contributed by atoms with Gasteiger partial charge in [-0.1, -0.05) is 18.2 Å². The van der Waals surface area contributed by atoms with Crippen LogP contribution in [0.25, 0.3) is 20.3 Å². The van der Waals surface area contributed by atoms with Crippen LogP contribution in [-0.2, 0) is 0 Å². The molecule has 0 aliphatic heterocycles. The molecule has 0 bridgehead atoms. The van der Waals surface area contributed by atoms with Gasteiger partial charge in [-0.05, 0) is 24.6 Å². The van der Waals surface area contributed by atoms with E-state index in [0.29, 0.717) is 0 Å². The maximum atomic E-state index is 4.40. The lowest BCUT2D eigenvalue weighted by atomic mass is 10.1. The standard InChI is InChI=1S/C12H9NS/c1-8-6-7-13-12-11(8)9-4-2-3-5-10(9)14-12/h2-7H,1H3. The third-order valence-electron chi connectivity index (χ3n) is 2.49. The topological polar surface area (TPSA) is 12.9 Å². The third-order valence-corrected chi connectivity index (χ3v) is 3.57. The van der Waals surface area contributed by atoms with Gasteiger partial charge in [-0.3, -0.25) is 0 Å². The van der Waals surface area contributed by atoms with Gasteiger partial charge < -0.3 is 0 Å². The van der Waals surface area contributed by atoms with Crippen molar-refractivity contribution in [2.45, 2.75) is 6.92 Å². The monoisotopic (exact) mass is 199 g/mol. The first-order chi connectivity index (χ1) is 6.86. The Kier molecular flexibility index (Phi) is 1.58. The summed E-state index contributed by atoms with van der Waals surface area (Å²) in [5.41, 5.74) is 1.31. The maximum Gasteiger partial charge on any atom is 0.124 e. The molecule has 0 unspecified atom stereocenters. The average Bonchev–Trinajstić information content (AvgIpc) is 2.57. The molecule has 0 radical (unpaired) electrons. The number of pyridine rings is 1. The summed E-state index contributed by atoms with van der Waals surface area (Å²) in [4.78, 5) is 5.54. The largest absolute Gasteiger partial charge is 0.245 e. The first kappa shape index (κ1) is 7.94. The Morgan fingerprint density at radius 1 is 1.14 bits per heavy atom. The number of hydrogen-bond donors (Lipinski definition) is 0. The zero-order valence-corrected chi connectivity index (χ0v) is 8.64. The van der Waals surface area contributed by atoms with Crippen molar-refractivity contribution in [1.82, 2.24) is 4.98 Å². The lowest BCUT2D eigenvalue weighted by Crippen LogP contribution is -1.76. The Morgan fingerprint density at radius 2 is 2.00 bits per heavy atom. The molecule has 3 rings (SSSR count). The lowest BCUT2D eigenvalue weighted by molar-refractivity contribution is 1.40. The van der Waals surface area contributed by atoms with Crippen LogP contribution in [0.4, 0.5) is 0 Å². The molecule has 14 heavy (non-hydrogen) atoms. The van der Waals surface area contributed by atoms with Crippen LogP contribution in [0.15, 0.2) is 36.5 Å². The van der Waals surface area contributed by atoms with E-state index in [0.717, 1.165) is 4.83 Å². The van der Waals surface area contributed by atoms with E-state index < -0.39 is 0 Å². The van der Waals surface area contributed by atoms with Crippen molar-refractivity contribution >= 4 is 31.6 Å². The summed E-state index contributed by atoms with van der Waals surface area (Å²) in [6.45, 7) is 2.14. The fourth-order valence-corrected chi connectivity index (χ4v) is 2.93. The number of aryl methyl sites for hydroxylation is 1. The molecule has 2 heteroatoms. The molecule has 0 aliphatic carbocycles. The Bertz CT molecular complexity index is 610. The van der Waals surface area contributed by atoms with Crippen molar-refractivity contribution in [2.75, 3.05) is 0 Å². The van der Waals surface area contributed by atoms with Gasteiger partial charge in [-0.15, -0.1) is 11.3 Å². The summed E-state index contributed by atoms with van der Waals surface area (Å²) in [7, 11) is 0. The first-order valence-corrected chi connectivity index (χ1v) is 5.41. The second kappa shape index (κ2) is 2.79. The zero-order valence-electron chi connectivity index (χ0n) is 7.82. The van der Waals surface area contributed by atoms with Crippen LogP contribution in [0.2, 0.25) is 0 Å². The van der Waals surface area contributed by atoms with Gasteiger partial charge in [0, 0.05) is 21.7 Å². The molecule has 0 spiro atoms. The number of aromatic nitrogens is 1. The molecule has 0 aliphatic rings. The predicted molar refractivity (Wildman–Crippen MR) is 61.9 cm³/mol. The smallest absolute Gasteiger partial charge is 0.124 e. The van der Waals surface area contributed by atoms with Gasteiger partial charge in [0.15, 0.2) is 0 Å². The van der Waals surface area contributed by atoms with E-state index in [9.17, 15) is 0 Å². The second-order valence-electron chi connectivity index (χ2n) is 3.41. The molecule has 1 nitrogen and oxygen atoms in total. The molecule has 2 heterocycles. The van der Waals surface area contributed by atoms with Gasteiger partial charge >= 0.3 is 0 Å². The molecule has 3 aromatic rings. The van der Waals surface area contributed by atoms with Crippen molar-refractivity contribution < 1.29 is 0 Å². The number of thiophene rings is 1. The van der Waals surface area contributed by atoms with Gasteiger partial charge in [0.2, 0.25) is 0 Å². The van der Waals surface area contributed by atoms with E-state index in [1.54, 1.807) is 11.3 Å². The predicted octanol–water partition coefficient (Wildman–Crippen LogP) is 3.76. The van der Waals surface area contributed by atoms with E-state index in [1.807, 2.05) is 6.20 Å². The minimum Gasteiger partial charge on any atom is -0.245 e. The van der Waals surface area contributed by atoms with Crippen molar-refractivity contribution in [3.05, 3.63) is 42.1 Å². The fraction of sp³-hybridized carbons (Fsp3) is 0.0833. The highest BCUT2D eigenvalue weighted by molar-refractivity contribution is 7.25. The van der Waals surface area contributed by atoms with Crippen molar-refractivity contribution in [3.63, 3.8) is 0 Å². The van der Waals surface area contributed by atoms with E-state index in [2.05, 4.69) is 42.2 Å². The van der Waals surface area contributed by atoms with E-state index in [-0.39, 0.29) is 0 Å². The Labute approximate surface area is 86.0 Å². The summed E-state index contributed by atoms with van der Waals surface area (Å²) in [5, 5.41) is 2.64. The van der Waals surface area contributed by atoms with Crippen molar-refractivity contribution in [2.24, 2.45) is 0 Å². The maximum absolute atomic E-state index is 4.40. The van der Waals surface area contributed by atoms with Crippen LogP contribution in [-0.4, -0.2) is 4.98 Å². The Balaban J connectivity index is 2.65. The van der Waals surface area contributed by atoms with Crippen LogP contribution >= 0.6 is 11.3 Å².